The summed E-state index contributed by atoms with van der Waals surface area (Å²) in [4.78, 5) is 8.68. The minimum absolute atomic E-state index is 0.112. The molecule has 31 heavy (non-hydrogen) atoms. The molecule has 1 aliphatic carbocycles. The Labute approximate surface area is 185 Å². The SMILES string of the molecule is NC1CCC(Nc2cc(-c3ccnc(NCc4cc(F)ccc4F)c3)c(Cl)cn2)CC1. The molecule has 8 heteroatoms. The summed E-state index contributed by atoms with van der Waals surface area (Å²) in [6.45, 7) is 0.112. The lowest BCUT2D eigenvalue weighted by atomic mass is 9.92. The number of nitrogens with one attached hydrogen (secondary N) is 2. The average Bonchev–Trinajstić information content (AvgIpc) is 2.77. The van der Waals surface area contributed by atoms with Crippen LogP contribution in [-0.4, -0.2) is 22.1 Å². The van der Waals surface area contributed by atoms with E-state index in [4.69, 9.17) is 17.3 Å². The Bertz CT molecular complexity index is 1050. The first-order valence-corrected chi connectivity index (χ1v) is 10.7. The van der Waals surface area contributed by atoms with Crippen molar-refractivity contribution in [2.24, 2.45) is 5.73 Å². The van der Waals surface area contributed by atoms with E-state index in [-0.39, 0.29) is 18.2 Å². The van der Waals surface area contributed by atoms with Crippen LogP contribution in [0.15, 0.2) is 48.8 Å². The van der Waals surface area contributed by atoms with Gasteiger partial charge in [-0.3, -0.25) is 0 Å². The Morgan fingerprint density at radius 1 is 1.00 bits per heavy atom. The van der Waals surface area contributed by atoms with Crippen LogP contribution in [0.25, 0.3) is 11.1 Å². The second-order valence-corrected chi connectivity index (χ2v) is 8.23. The minimum atomic E-state index is -0.483. The van der Waals surface area contributed by atoms with Crippen molar-refractivity contribution in [1.29, 1.82) is 0 Å². The molecule has 2 aromatic heterocycles. The molecule has 0 amide bonds. The molecular weight excluding hydrogens is 420 g/mol. The van der Waals surface area contributed by atoms with Gasteiger partial charge in [-0.25, -0.2) is 18.7 Å². The van der Waals surface area contributed by atoms with E-state index < -0.39 is 11.6 Å². The maximum Gasteiger partial charge on any atom is 0.128 e. The summed E-state index contributed by atoms with van der Waals surface area (Å²) in [5, 5.41) is 7.04. The summed E-state index contributed by atoms with van der Waals surface area (Å²) >= 11 is 6.42. The van der Waals surface area contributed by atoms with Gasteiger partial charge >= 0.3 is 0 Å². The van der Waals surface area contributed by atoms with E-state index in [1.54, 1.807) is 12.4 Å². The Morgan fingerprint density at radius 2 is 1.81 bits per heavy atom. The van der Waals surface area contributed by atoms with Gasteiger partial charge < -0.3 is 16.4 Å². The van der Waals surface area contributed by atoms with E-state index >= 15 is 0 Å². The minimum Gasteiger partial charge on any atom is -0.367 e. The molecule has 3 aromatic rings. The second kappa shape index (κ2) is 9.58. The molecule has 0 atom stereocenters. The molecule has 1 aromatic carbocycles. The molecule has 0 unspecified atom stereocenters. The second-order valence-electron chi connectivity index (χ2n) is 7.82. The summed E-state index contributed by atoms with van der Waals surface area (Å²) in [6.07, 6.45) is 7.31. The summed E-state index contributed by atoms with van der Waals surface area (Å²) in [7, 11) is 0. The van der Waals surface area contributed by atoms with Gasteiger partial charge in [0.25, 0.3) is 0 Å². The summed E-state index contributed by atoms with van der Waals surface area (Å²) < 4.78 is 27.2. The molecule has 4 rings (SSSR count). The van der Waals surface area contributed by atoms with Crippen molar-refractivity contribution in [2.45, 2.75) is 44.3 Å². The molecule has 1 aliphatic rings. The first-order chi connectivity index (χ1) is 15.0. The van der Waals surface area contributed by atoms with Crippen LogP contribution in [0.4, 0.5) is 20.4 Å². The number of pyridine rings is 2. The lowest BCUT2D eigenvalue weighted by Gasteiger charge is -2.27. The van der Waals surface area contributed by atoms with Gasteiger partial charge in [0.05, 0.1) is 5.02 Å². The molecule has 0 saturated heterocycles. The third kappa shape index (κ3) is 5.48. The normalized spacial score (nSPS) is 18.6. The molecule has 0 aliphatic heterocycles. The quantitative estimate of drug-likeness (QED) is 0.477. The monoisotopic (exact) mass is 443 g/mol. The summed E-state index contributed by atoms with van der Waals surface area (Å²) in [6, 6.07) is 9.59. The van der Waals surface area contributed by atoms with Crippen LogP contribution in [0.1, 0.15) is 31.2 Å². The van der Waals surface area contributed by atoms with Gasteiger partial charge in [0.15, 0.2) is 0 Å². The van der Waals surface area contributed by atoms with E-state index in [2.05, 4.69) is 20.6 Å². The zero-order valence-corrected chi connectivity index (χ0v) is 17.7. The van der Waals surface area contributed by atoms with Crippen LogP contribution >= 0.6 is 11.6 Å². The molecule has 5 nitrogen and oxygen atoms in total. The lowest BCUT2D eigenvalue weighted by Crippen LogP contribution is -2.33. The highest BCUT2D eigenvalue weighted by atomic mass is 35.5. The van der Waals surface area contributed by atoms with Crippen molar-refractivity contribution < 1.29 is 8.78 Å². The third-order valence-electron chi connectivity index (χ3n) is 5.52. The van der Waals surface area contributed by atoms with Gasteiger partial charge in [0.1, 0.15) is 23.3 Å². The van der Waals surface area contributed by atoms with E-state index in [0.29, 0.717) is 16.9 Å². The van der Waals surface area contributed by atoms with Crippen LogP contribution in [0.5, 0.6) is 0 Å². The first kappa shape index (κ1) is 21.5. The highest BCUT2D eigenvalue weighted by Crippen LogP contribution is 2.31. The van der Waals surface area contributed by atoms with Crippen molar-refractivity contribution in [3.63, 3.8) is 0 Å². The van der Waals surface area contributed by atoms with Crippen molar-refractivity contribution in [3.05, 3.63) is 71.0 Å². The van der Waals surface area contributed by atoms with Gasteiger partial charge in [0.2, 0.25) is 0 Å². The molecule has 0 radical (unpaired) electrons. The summed E-state index contributed by atoms with van der Waals surface area (Å²) in [5.74, 6) is 0.336. The predicted molar refractivity (Wildman–Crippen MR) is 120 cm³/mol. The first-order valence-electron chi connectivity index (χ1n) is 10.3. The predicted octanol–water partition coefficient (Wildman–Crippen LogP) is 5.37. The highest BCUT2D eigenvalue weighted by Gasteiger charge is 2.19. The molecular formula is C23H24ClF2N5. The van der Waals surface area contributed by atoms with E-state index in [0.717, 1.165) is 54.8 Å². The van der Waals surface area contributed by atoms with Crippen molar-refractivity contribution >= 4 is 23.2 Å². The lowest BCUT2D eigenvalue weighted by molar-refractivity contribution is 0.410. The van der Waals surface area contributed by atoms with Gasteiger partial charge in [-0.1, -0.05) is 11.6 Å². The van der Waals surface area contributed by atoms with Gasteiger partial charge in [-0.2, -0.15) is 0 Å². The molecule has 1 fully saturated rings. The van der Waals surface area contributed by atoms with Crippen molar-refractivity contribution in [1.82, 2.24) is 9.97 Å². The van der Waals surface area contributed by atoms with Crippen molar-refractivity contribution in [3.8, 4) is 11.1 Å². The van der Waals surface area contributed by atoms with Crippen LogP contribution in [-0.2, 0) is 6.54 Å². The number of rotatable bonds is 6. The number of nitrogens with two attached hydrogens (primary N) is 1. The van der Waals surface area contributed by atoms with E-state index in [9.17, 15) is 8.78 Å². The Kier molecular flexibility index (Phi) is 6.63. The molecule has 4 N–H and O–H groups in total. The van der Waals surface area contributed by atoms with Crippen LogP contribution in [0.2, 0.25) is 5.02 Å². The fraction of sp³-hybridized carbons (Fsp3) is 0.304. The van der Waals surface area contributed by atoms with Crippen molar-refractivity contribution in [2.75, 3.05) is 10.6 Å². The number of hydrogen-bond donors (Lipinski definition) is 3. The Hall–Kier alpha value is -2.77. The van der Waals surface area contributed by atoms with Crippen LogP contribution in [0.3, 0.4) is 0 Å². The van der Waals surface area contributed by atoms with Crippen LogP contribution < -0.4 is 16.4 Å². The van der Waals surface area contributed by atoms with Gasteiger partial charge in [-0.05, 0) is 67.6 Å². The molecule has 162 valence electrons. The zero-order chi connectivity index (χ0) is 21.8. The van der Waals surface area contributed by atoms with Gasteiger partial charge in [-0.15, -0.1) is 0 Å². The molecule has 2 heterocycles. The fourth-order valence-electron chi connectivity index (χ4n) is 3.77. The fourth-order valence-corrected chi connectivity index (χ4v) is 3.98. The topological polar surface area (TPSA) is 75.9 Å². The molecule has 1 saturated carbocycles. The largest absolute Gasteiger partial charge is 0.367 e. The number of halogens is 3. The Morgan fingerprint density at radius 3 is 2.61 bits per heavy atom. The maximum absolute atomic E-state index is 13.9. The smallest absolute Gasteiger partial charge is 0.128 e. The molecule has 0 spiro atoms. The highest BCUT2D eigenvalue weighted by molar-refractivity contribution is 6.33. The Balaban J connectivity index is 1.49. The third-order valence-corrected chi connectivity index (χ3v) is 5.82. The summed E-state index contributed by atoms with van der Waals surface area (Å²) in [5.41, 5.74) is 7.88. The maximum atomic E-state index is 13.9. The van der Waals surface area contributed by atoms with Gasteiger partial charge in [0, 0.05) is 42.1 Å². The zero-order valence-electron chi connectivity index (χ0n) is 16.9. The number of benzene rings is 1. The van der Waals surface area contributed by atoms with E-state index in [1.165, 1.54) is 6.07 Å². The average molecular weight is 444 g/mol. The molecule has 0 bridgehead atoms. The number of anilines is 2. The van der Waals surface area contributed by atoms with Crippen LogP contribution in [0, 0.1) is 11.6 Å². The number of nitrogens with zero attached hydrogens (tertiary/aromatic N) is 2. The number of hydrogen-bond acceptors (Lipinski definition) is 5. The van der Waals surface area contributed by atoms with E-state index in [1.807, 2.05) is 18.2 Å². The standard InChI is InChI=1S/C23H24ClF2N5/c24-20-13-30-23(31-18-4-2-17(27)3-5-18)11-19(20)14-7-8-28-22(10-14)29-12-15-9-16(25)1-6-21(15)26/h1,6-11,13,17-18H,2-5,12,27H2,(H,28,29)(H,30,31). The number of aromatic nitrogens is 2.